The number of nitrogens with zero attached hydrogens (tertiary/aromatic N) is 2. The van der Waals surface area contributed by atoms with Gasteiger partial charge in [0.2, 0.25) is 0 Å². The Morgan fingerprint density at radius 3 is 3.30 bits per heavy atom. The second-order valence-electron chi connectivity index (χ2n) is 2.01. The molecule has 0 bridgehead atoms. The van der Waals surface area contributed by atoms with Crippen LogP contribution in [0.15, 0.2) is 29.7 Å². The van der Waals surface area contributed by atoms with Crippen LogP contribution in [0.25, 0.3) is 5.52 Å². The second kappa shape index (κ2) is 1.70. The van der Waals surface area contributed by atoms with Gasteiger partial charge in [0.15, 0.2) is 5.69 Å². The van der Waals surface area contributed by atoms with Crippen LogP contribution in [0.4, 0.5) is 5.69 Å². The highest BCUT2D eigenvalue weighted by Crippen LogP contribution is 2.18. The zero-order valence-electron chi connectivity index (χ0n) is 5.11. The van der Waals surface area contributed by atoms with Crippen LogP contribution in [0.1, 0.15) is 0 Å². The molecule has 4 heteroatoms. The maximum Gasteiger partial charge on any atom is 0.151 e. The topological polar surface area (TPSA) is 49.6 Å². The molecule has 0 aromatic carbocycles. The highest BCUT2D eigenvalue weighted by molar-refractivity contribution is 5.67. The Morgan fingerprint density at radius 1 is 1.60 bits per heavy atom. The molecule has 0 fully saturated rings. The summed E-state index contributed by atoms with van der Waals surface area (Å²) < 4.78 is 1.73. The minimum Gasteiger partial charge on any atom is -0.299 e. The lowest BCUT2D eigenvalue weighted by Gasteiger charge is -1.78. The predicted molar refractivity (Wildman–Crippen MR) is 37.2 cm³/mol. The maximum absolute atomic E-state index is 10.1. The Bertz CT molecular complexity index is 360. The van der Waals surface area contributed by atoms with Gasteiger partial charge in [0.05, 0.1) is 5.52 Å². The molecule has 2 aromatic rings. The molecule has 2 rings (SSSR count). The van der Waals surface area contributed by atoms with Crippen LogP contribution in [0.3, 0.4) is 0 Å². The van der Waals surface area contributed by atoms with E-state index in [0.29, 0.717) is 5.69 Å². The number of rotatable bonds is 1. The van der Waals surface area contributed by atoms with Gasteiger partial charge in [-0.3, -0.25) is 9.61 Å². The smallest absolute Gasteiger partial charge is 0.151 e. The molecule has 10 heavy (non-hydrogen) atoms. The fraction of sp³-hybridized carbons (Fsp3) is 0. The Morgan fingerprint density at radius 2 is 2.50 bits per heavy atom. The number of H-pyrrole nitrogens is 1. The third-order valence-corrected chi connectivity index (χ3v) is 1.45. The molecule has 0 atom stereocenters. The quantitative estimate of drug-likeness (QED) is 0.594. The van der Waals surface area contributed by atoms with Gasteiger partial charge in [0, 0.05) is 12.4 Å². The van der Waals surface area contributed by atoms with Crippen LogP contribution in [0.2, 0.25) is 0 Å². The Balaban J connectivity index is 2.88. The van der Waals surface area contributed by atoms with Crippen molar-refractivity contribution in [2.75, 3.05) is 0 Å². The van der Waals surface area contributed by atoms with E-state index in [1.54, 1.807) is 10.7 Å². The van der Waals surface area contributed by atoms with E-state index in [-0.39, 0.29) is 0 Å². The minimum atomic E-state index is 0.449. The summed E-state index contributed by atoms with van der Waals surface area (Å²) in [7, 11) is 0. The number of nitroso groups, excluding NO2 is 1. The van der Waals surface area contributed by atoms with Gasteiger partial charge in [0.25, 0.3) is 0 Å². The van der Waals surface area contributed by atoms with Crippen molar-refractivity contribution in [3.63, 3.8) is 0 Å². The van der Waals surface area contributed by atoms with Crippen LogP contribution in [-0.4, -0.2) is 9.61 Å². The third-order valence-electron chi connectivity index (χ3n) is 1.45. The van der Waals surface area contributed by atoms with Gasteiger partial charge in [-0.2, -0.15) is 0 Å². The van der Waals surface area contributed by atoms with E-state index >= 15 is 0 Å². The van der Waals surface area contributed by atoms with Crippen LogP contribution in [0, 0.1) is 4.91 Å². The number of aromatic amines is 1. The van der Waals surface area contributed by atoms with Gasteiger partial charge in [-0.25, -0.2) is 0 Å². The monoisotopic (exact) mass is 135 g/mol. The second-order valence-corrected chi connectivity index (χ2v) is 2.01. The van der Waals surface area contributed by atoms with Crippen LogP contribution in [0.5, 0.6) is 0 Å². The van der Waals surface area contributed by atoms with Crippen molar-refractivity contribution in [1.29, 1.82) is 0 Å². The molecule has 4 nitrogen and oxygen atoms in total. The molecule has 0 aliphatic heterocycles. The molecule has 2 aromatic heterocycles. The number of hydrogen-bond acceptors (Lipinski definition) is 2. The lowest BCUT2D eigenvalue weighted by Crippen LogP contribution is -1.74. The van der Waals surface area contributed by atoms with E-state index in [1.165, 1.54) is 0 Å². The van der Waals surface area contributed by atoms with Crippen molar-refractivity contribution in [2.45, 2.75) is 0 Å². The summed E-state index contributed by atoms with van der Waals surface area (Å²) in [5.74, 6) is 0. The van der Waals surface area contributed by atoms with E-state index < -0.39 is 0 Å². The molecule has 1 N–H and O–H groups in total. The van der Waals surface area contributed by atoms with Gasteiger partial charge >= 0.3 is 0 Å². The van der Waals surface area contributed by atoms with Gasteiger partial charge in [0.1, 0.15) is 0 Å². The summed E-state index contributed by atoms with van der Waals surface area (Å²) in [5, 5.41) is 5.67. The molecular weight excluding hydrogens is 130 g/mol. The fourth-order valence-electron chi connectivity index (χ4n) is 0.980. The first kappa shape index (κ1) is 5.22. The number of aromatic nitrogens is 2. The molecule has 0 saturated carbocycles. The zero-order valence-corrected chi connectivity index (χ0v) is 5.11. The molecule has 2 heterocycles. The van der Waals surface area contributed by atoms with Gasteiger partial charge < -0.3 is 0 Å². The normalized spacial score (nSPS) is 10.4. The molecule has 0 radical (unpaired) electrons. The SMILES string of the molecule is O=Nc1c[nH]n2cccc12. The highest BCUT2D eigenvalue weighted by atomic mass is 16.3. The van der Waals surface area contributed by atoms with Crippen molar-refractivity contribution in [2.24, 2.45) is 5.18 Å². The van der Waals surface area contributed by atoms with Crippen LogP contribution in [-0.2, 0) is 0 Å². The van der Waals surface area contributed by atoms with Crippen molar-refractivity contribution in [3.05, 3.63) is 29.4 Å². The maximum atomic E-state index is 10.1. The van der Waals surface area contributed by atoms with E-state index in [1.807, 2.05) is 18.3 Å². The summed E-state index contributed by atoms with van der Waals surface area (Å²) in [6, 6.07) is 3.67. The summed E-state index contributed by atoms with van der Waals surface area (Å²) in [4.78, 5) is 10.1. The molecule has 0 spiro atoms. The average molecular weight is 135 g/mol. The first-order valence-electron chi connectivity index (χ1n) is 2.89. The fourth-order valence-corrected chi connectivity index (χ4v) is 0.980. The molecule has 0 unspecified atom stereocenters. The van der Waals surface area contributed by atoms with Crippen molar-refractivity contribution < 1.29 is 0 Å². The van der Waals surface area contributed by atoms with E-state index in [2.05, 4.69) is 10.3 Å². The molecule has 0 saturated heterocycles. The molecule has 0 aliphatic rings. The van der Waals surface area contributed by atoms with Crippen molar-refractivity contribution >= 4 is 11.2 Å². The number of hydrogen-bond donors (Lipinski definition) is 1. The van der Waals surface area contributed by atoms with E-state index in [0.717, 1.165) is 5.52 Å². The minimum absolute atomic E-state index is 0.449. The standard InChI is InChI=1S/C6H5N3O/c10-8-5-4-7-9-3-1-2-6(5)9/h1-4,7H. The first-order chi connectivity index (χ1) is 4.92. The third kappa shape index (κ3) is 0.500. The lowest BCUT2D eigenvalue weighted by atomic mass is 10.4. The number of fused-ring (bicyclic) bond motifs is 1. The van der Waals surface area contributed by atoms with E-state index in [4.69, 9.17) is 0 Å². The van der Waals surface area contributed by atoms with Crippen molar-refractivity contribution in [1.82, 2.24) is 9.61 Å². The van der Waals surface area contributed by atoms with Crippen LogP contribution >= 0.6 is 0 Å². The first-order valence-corrected chi connectivity index (χ1v) is 2.89. The van der Waals surface area contributed by atoms with Crippen LogP contribution < -0.4 is 0 Å². The van der Waals surface area contributed by atoms with Crippen molar-refractivity contribution in [3.8, 4) is 0 Å². The number of nitrogens with one attached hydrogen (secondary N) is 1. The highest BCUT2D eigenvalue weighted by Gasteiger charge is 2.00. The Labute approximate surface area is 56.4 Å². The average Bonchev–Trinajstić information content (AvgIpc) is 2.44. The summed E-state index contributed by atoms with van der Waals surface area (Å²) in [6.07, 6.45) is 3.40. The van der Waals surface area contributed by atoms with E-state index in [9.17, 15) is 4.91 Å². The molecule has 50 valence electrons. The molecular formula is C6H5N3O. The summed E-state index contributed by atoms with van der Waals surface area (Å²) in [6.45, 7) is 0. The predicted octanol–water partition coefficient (Wildman–Crippen LogP) is 1.67. The Hall–Kier alpha value is -1.58. The lowest BCUT2D eigenvalue weighted by molar-refractivity contribution is 0.976. The largest absolute Gasteiger partial charge is 0.299 e. The Kier molecular flexibility index (Phi) is 0.887. The van der Waals surface area contributed by atoms with Gasteiger partial charge in [-0.15, -0.1) is 4.91 Å². The molecule has 0 aliphatic carbocycles. The van der Waals surface area contributed by atoms with Gasteiger partial charge in [-0.05, 0) is 17.3 Å². The zero-order chi connectivity index (χ0) is 6.97. The summed E-state index contributed by atoms with van der Waals surface area (Å²) in [5.41, 5.74) is 1.26. The summed E-state index contributed by atoms with van der Waals surface area (Å²) >= 11 is 0. The van der Waals surface area contributed by atoms with Gasteiger partial charge in [-0.1, -0.05) is 0 Å². The molecule has 0 amide bonds.